The average Bonchev–Trinajstić information content (AvgIpc) is 3.37. The SMILES string of the molecule is CC(=O)c1ccc(C(=O)Nc2cccc(C(=O)c3ccc4c(c3)NC(=O)C4C=O)c2)s1. The van der Waals surface area contributed by atoms with Gasteiger partial charge in [0.05, 0.1) is 9.75 Å². The Morgan fingerprint density at radius 3 is 2.45 bits per heavy atom. The van der Waals surface area contributed by atoms with Gasteiger partial charge in [-0.3, -0.25) is 19.2 Å². The molecular formula is C23H16N2O5S. The first-order valence-corrected chi connectivity index (χ1v) is 10.2. The zero-order valence-corrected chi connectivity index (χ0v) is 17.1. The highest BCUT2D eigenvalue weighted by Gasteiger charge is 2.30. The van der Waals surface area contributed by atoms with Crippen LogP contribution in [-0.4, -0.2) is 29.7 Å². The minimum absolute atomic E-state index is 0.110. The topological polar surface area (TPSA) is 109 Å². The van der Waals surface area contributed by atoms with Crippen LogP contribution in [0.25, 0.3) is 0 Å². The number of nitrogens with one attached hydrogen (secondary N) is 2. The molecule has 2 N–H and O–H groups in total. The van der Waals surface area contributed by atoms with E-state index in [4.69, 9.17) is 0 Å². The van der Waals surface area contributed by atoms with E-state index < -0.39 is 11.8 Å². The maximum Gasteiger partial charge on any atom is 0.265 e. The molecule has 8 heteroatoms. The summed E-state index contributed by atoms with van der Waals surface area (Å²) in [5, 5.41) is 5.34. The smallest absolute Gasteiger partial charge is 0.265 e. The maximum absolute atomic E-state index is 12.9. The van der Waals surface area contributed by atoms with E-state index in [2.05, 4.69) is 10.6 Å². The van der Waals surface area contributed by atoms with E-state index >= 15 is 0 Å². The van der Waals surface area contributed by atoms with Crippen molar-refractivity contribution in [3.8, 4) is 0 Å². The molecule has 154 valence electrons. The first-order valence-electron chi connectivity index (χ1n) is 9.34. The van der Waals surface area contributed by atoms with Crippen LogP contribution >= 0.6 is 11.3 Å². The van der Waals surface area contributed by atoms with Gasteiger partial charge in [-0.2, -0.15) is 0 Å². The molecule has 1 aliphatic heterocycles. The zero-order valence-electron chi connectivity index (χ0n) is 16.3. The summed E-state index contributed by atoms with van der Waals surface area (Å²) in [6.07, 6.45) is 0.571. The molecule has 1 unspecified atom stereocenters. The predicted molar refractivity (Wildman–Crippen MR) is 116 cm³/mol. The van der Waals surface area contributed by atoms with Crippen molar-refractivity contribution in [2.24, 2.45) is 0 Å². The normalized spacial score (nSPS) is 14.5. The molecular weight excluding hydrogens is 416 g/mol. The van der Waals surface area contributed by atoms with Gasteiger partial charge in [0.1, 0.15) is 12.2 Å². The van der Waals surface area contributed by atoms with Gasteiger partial charge in [-0.05, 0) is 42.8 Å². The van der Waals surface area contributed by atoms with E-state index in [-0.39, 0.29) is 17.5 Å². The number of ketones is 2. The molecule has 2 amide bonds. The standard InChI is InChI=1S/C23H16N2O5S/c1-12(27)19-7-8-20(31-19)23(30)24-15-4-2-3-13(9-15)21(28)14-5-6-16-17(11-26)22(29)25-18(16)10-14/h2-11,17H,1H3,(H,24,30)(H,25,29). The number of fused-ring (bicyclic) bond motifs is 1. The van der Waals surface area contributed by atoms with Gasteiger partial charge in [-0.1, -0.05) is 24.3 Å². The third-order valence-electron chi connectivity index (χ3n) is 4.89. The lowest BCUT2D eigenvalue weighted by Crippen LogP contribution is -2.12. The van der Waals surface area contributed by atoms with Gasteiger partial charge in [-0.15, -0.1) is 11.3 Å². The van der Waals surface area contributed by atoms with Crippen molar-refractivity contribution in [1.29, 1.82) is 0 Å². The Balaban J connectivity index is 1.54. The van der Waals surface area contributed by atoms with Crippen molar-refractivity contribution in [2.75, 3.05) is 10.6 Å². The molecule has 0 bridgehead atoms. The number of amides is 2. The largest absolute Gasteiger partial charge is 0.325 e. The zero-order chi connectivity index (χ0) is 22.1. The highest BCUT2D eigenvalue weighted by Crippen LogP contribution is 2.32. The van der Waals surface area contributed by atoms with Gasteiger partial charge in [-0.25, -0.2) is 0 Å². The van der Waals surface area contributed by atoms with Crippen LogP contribution in [0.15, 0.2) is 54.6 Å². The fraction of sp³-hybridized carbons (Fsp3) is 0.0870. The number of hydrogen-bond acceptors (Lipinski definition) is 6. The van der Waals surface area contributed by atoms with Crippen LogP contribution in [0.2, 0.25) is 0 Å². The first kappa shape index (κ1) is 20.4. The quantitative estimate of drug-likeness (QED) is 0.351. The van der Waals surface area contributed by atoms with Gasteiger partial charge in [0, 0.05) is 22.5 Å². The summed E-state index contributed by atoms with van der Waals surface area (Å²) in [7, 11) is 0. The van der Waals surface area contributed by atoms with Crippen LogP contribution in [0.4, 0.5) is 11.4 Å². The molecule has 7 nitrogen and oxygen atoms in total. The maximum atomic E-state index is 12.9. The highest BCUT2D eigenvalue weighted by molar-refractivity contribution is 7.16. The number of Topliss-reactive ketones (excluding diaryl/α,β-unsaturated/α-hetero) is 1. The Bertz CT molecular complexity index is 1260. The van der Waals surface area contributed by atoms with Gasteiger partial charge >= 0.3 is 0 Å². The molecule has 2 heterocycles. The molecule has 31 heavy (non-hydrogen) atoms. The fourth-order valence-corrected chi connectivity index (χ4v) is 4.11. The summed E-state index contributed by atoms with van der Waals surface area (Å²) in [6.45, 7) is 1.44. The Morgan fingerprint density at radius 1 is 1.00 bits per heavy atom. The number of hydrogen-bond donors (Lipinski definition) is 2. The van der Waals surface area contributed by atoms with Crippen LogP contribution in [-0.2, 0) is 9.59 Å². The van der Waals surface area contributed by atoms with Crippen LogP contribution in [0, 0.1) is 0 Å². The number of carbonyl (C=O) groups is 5. The summed E-state index contributed by atoms with van der Waals surface area (Å²) in [5.41, 5.74) is 2.11. The Hall–Kier alpha value is -3.91. The second-order valence-corrected chi connectivity index (χ2v) is 8.07. The number of aldehydes is 1. The van der Waals surface area contributed by atoms with Gasteiger partial charge in [0.15, 0.2) is 11.6 Å². The van der Waals surface area contributed by atoms with E-state index in [0.717, 1.165) is 11.3 Å². The molecule has 0 fully saturated rings. The molecule has 1 aromatic heterocycles. The van der Waals surface area contributed by atoms with Gasteiger partial charge in [0.2, 0.25) is 5.91 Å². The third kappa shape index (κ3) is 3.93. The van der Waals surface area contributed by atoms with Crippen LogP contribution in [0.3, 0.4) is 0 Å². The number of carbonyl (C=O) groups excluding carboxylic acids is 5. The highest BCUT2D eigenvalue weighted by atomic mass is 32.1. The average molecular weight is 432 g/mol. The Kier molecular flexibility index (Phi) is 5.31. The van der Waals surface area contributed by atoms with Gasteiger partial charge in [0.25, 0.3) is 5.91 Å². The number of anilines is 2. The molecule has 0 radical (unpaired) electrons. The van der Waals surface area contributed by atoms with Crippen LogP contribution in [0.1, 0.15) is 53.7 Å². The Morgan fingerprint density at radius 2 is 1.74 bits per heavy atom. The lowest BCUT2D eigenvalue weighted by atomic mass is 9.97. The second-order valence-electron chi connectivity index (χ2n) is 6.99. The molecule has 1 atom stereocenters. The third-order valence-corrected chi connectivity index (χ3v) is 6.07. The monoisotopic (exact) mass is 432 g/mol. The van der Waals surface area contributed by atoms with Crippen molar-refractivity contribution in [2.45, 2.75) is 12.8 Å². The minimum Gasteiger partial charge on any atom is -0.325 e. The summed E-state index contributed by atoms with van der Waals surface area (Å²) < 4.78 is 0. The van der Waals surface area contributed by atoms with E-state index in [1.807, 2.05) is 0 Å². The molecule has 4 rings (SSSR count). The van der Waals surface area contributed by atoms with E-state index in [0.29, 0.717) is 44.1 Å². The van der Waals surface area contributed by atoms with E-state index in [1.54, 1.807) is 54.6 Å². The molecule has 3 aromatic rings. The molecule has 1 aliphatic rings. The van der Waals surface area contributed by atoms with Crippen LogP contribution in [0.5, 0.6) is 0 Å². The molecule has 0 aliphatic carbocycles. The van der Waals surface area contributed by atoms with Gasteiger partial charge < -0.3 is 15.4 Å². The first-order chi connectivity index (χ1) is 14.9. The fourth-order valence-electron chi connectivity index (χ4n) is 3.31. The van der Waals surface area contributed by atoms with Crippen molar-refractivity contribution < 1.29 is 24.0 Å². The summed E-state index contributed by atoms with van der Waals surface area (Å²) >= 11 is 1.10. The summed E-state index contributed by atoms with van der Waals surface area (Å²) in [4.78, 5) is 60.6. The Labute approximate surface area is 181 Å². The van der Waals surface area contributed by atoms with Crippen molar-refractivity contribution in [3.05, 3.63) is 81.0 Å². The number of thiophene rings is 1. The lowest BCUT2D eigenvalue weighted by Gasteiger charge is -2.08. The summed E-state index contributed by atoms with van der Waals surface area (Å²) in [5.74, 6) is -2.05. The van der Waals surface area contributed by atoms with Crippen molar-refractivity contribution >= 4 is 52.4 Å². The molecule has 0 spiro atoms. The number of rotatable bonds is 6. The summed E-state index contributed by atoms with van der Waals surface area (Å²) in [6, 6.07) is 14.4. The minimum atomic E-state index is -0.863. The molecule has 0 saturated heterocycles. The predicted octanol–water partition coefficient (Wildman–Crippen LogP) is 3.67. The molecule has 0 saturated carbocycles. The lowest BCUT2D eigenvalue weighted by molar-refractivity contribution is -0.121. The molecule has 2 aromatic carbocycles. The van der Waals surface area contributed by atoms with Crippen molar-refractivity contribution in [1.82, 2.24) is 0 Å². The van der Waals surface area contributed by atoms with E-state index in [1.165, 1.54) is 6.92 Å². The van der Waals surface area contributed by atoms with Crippen LogP contribution < -0.4 is 10.6 Å². The van der Waals surface area contributed by atoms with E-state index in [9.17, 15) is 24.0 Å². The second kappa shape index (κ2) is 8.08. The number of benzene rings is 2. The van der Waals surface area contributed by atoms with Crippen molar-refractivity contribution in [3.63, 3.8) is 0 Å².